The summed E-state index contributed by atoms with van der Waals surface area (Å²) in [5.74, 6) is 0.681. The van der Waals surface area contributed by atoms with E-state index in [0.717, 1.165) is 25.7 Å². The molecule has 26 heavy (non-hydrogen) atoms. The summed E-state index contributed by atoms with van der Waals surface area (Å²) in [5.41, 5.74) is 7.26. The number of nitrogens with two attached hydrogens (primary N) is 1. The van der Waals surface area contributed by atoms with Crippen LogP contribution < -0.4 is 10.5 Å². The molecule has 0 unspecified atom stereocenters. The Hall–Kier alpha value is -2.74. The SMILES string of the molecule is [C-]#[N+]c1c(N)nc(S)c(C#N)c1-c1ccc(O[C@H]2CCCC[C@@H]2O)cc1. The van der Waals surface area contributed by atoms with Crippen LogP contribution in [0.3, 0.4) is 0 Å². The molecule has 132 valence electrons. The van der Waals surface area contributed by atoms with Crippen LogP contribution in [-0.4, -0.2) is 22.3 Å². The number of aliphatic hydroxyl groups excluding tert-OH is 1. The molecule has 1 fully saturated rings. The summed E-state index contributed by atoms with van der Waals surface area (Å²) < 4.78 is 5.89. The van der Waals surface area contributed by atoms with Crippen LogP contribution in [-0.2, 0) is 0 Å². The smallest absolute Gasteiger partial charge is 0.236 e. The van der Waals surface area contributed by atoms with Crippen LogP contribution in [0.5, 0.6) is 5.75 Å². The highest BCUT2D eigenvalue weighted by atomic mass is 32.1. The maximum atomic E-state index is 10.0. The Kier molecular flexibility index (Phi) is 5.32. The molecule has 1 saturated carbocycles. The first-order chi connectivity index (χ1) is 12.5. The van der Waals surface area contributed by atoms with Gasteiger partial charge in [-0.1, -0.05) is 18.6 Å². The highest BCUT2D eigenvalue weighted by Crippen LogP contribution is 2.40. The Morgan fingerprint density at radius 3 is 2.62 bits per heavy atom. The van der Waals surface area contributed by atoms with Gasteiger partial charge in [0.15, 0.2) is 0 Å². The Labute approximate surface area is 157 Å². The Morgan fingerprint density at radius 1 is 1.31 bits per heavy atom. The summed E-state index contributed by atoms with van der Waals surface area (Å²) in [7, 11) is 0. The number of nitrogen functional groups attached to an aromatic ring is 1. The van der Waals surface area contributed by atoms with E-state index in [2.05, 4.69) is 22.5 Å². The van der Waals surface area contributed by atoms with E-state index in [1.807, 2.05) is 6.07 Å². The van der Waals surface area contributed by atoms with Crippen molar-refractivity contribution in [3.8, 4) is 22.9 Å². The molecule has 3 rings (SSSR count). The fourth-order valence-electron chi connectivity index (χ4n) is 3.17. The molecule has 1 heterocycles. The van der Waals surface area contributed by atoms with Crippen molar-refractivity contribution in [2.75, 3.05) is 5.73 Å². The summed E-state index contributed by atoms with van der Waals surface area (Å²) >= 11 is 4.20. The lowest BCUT2D eigenvalue weighted by Gasteiger charge is -2.28. The number of thiol groups is 1. The average Bonchev–Trinajstić information content (AvgIpc) is 2.64. The zero-order valence-electron chi connectivity index (χ0n) is 14.0. The molecule has 0 aliphatic heterocycles. The molecule has 0 radical (unpaired) electrons. The number of aromatic nitrogens is 1. The van der Waals surface area contributed by atoms with Crippen molar-refractivity contribution >= 4 is 24.1 Å². The van der Waals surface area contributed by atoms with Crippen molar-refractivity contribution in [2.45, 2.75) is 42.9 Å². The minimum Gasteiger partial charge on any atom is -0.488 e. The average molecular weight is 366 g/mol. The van der Waals surface area contributed by atoms with E-state index < -0.39 is 6.10 Å². The summed E-state index contributed by atoms with van der Waals surface area (Å²) in [6.07, 6.45) is 2.99. The summed E-state index contributed by atoms with van der Waals surface area (Å²) in [4.78, 5) is 7.39. The molecule has 0 bridgehead atoms. The number of benzene rings is 1. The molecule has 1 aromatic carbocycles. The Morgan fingerprint density at radius 2 is 2.00 bits per heavy atom. The fourth-order valence-corrected chi connectivity index (χ4v) is 3.44. The van der Waals surface area contributed by atoms with Gasteiger partial charge >= 0.3 is 0 Å². The number of nitriles is 1. The molecule has 1 aliphatic rings. The molecular weight excluding hydrogens is 348 g/mol. The van der Waals surface area contributed by atoms with Crippen molar-refractivity contribution in [3.05, 3.63) is 41.2 Å². The lowest BCUT2D eigenvalue weighted by atomic mass is 9.95. The van der Waals surface area contributed by atoms with Crippen LogP contribution in [0.4, 0.5) is 11.5 Å². The Balaban J connectivity index is 1.94. The van der Waals surface area contributed by atoms with Gasteiger partial charge in [0, 0.05) is 5.56 Å². The number of anilines is 1. The summed E-state index contributed by atoms with van der Waals surface area (Å²) in [5, 5.41) is 19.7. The van der Waals surface area contributed by atoms with Gasteiger partial charge in [-0.15, -0.1) is 12.6 Å². The van der Waals surface area contributed by atoms with Gasteiger partial charge in [0.2, 0.25) is 5.69 Å². The number of nitrogens with zero attached hydrogens (tertiary/aromatic N) is 3. The molecule has 1 aliphatic carbocycles. The van der Waals surface area contributed by atoms with Crippen molar-refractivity contribution < 1.29 is 9.84 Å². The van der Waals surface area contributed by atoms with Gasteiger partial charge in [0.05, 0.1) is 18.2 Å². The fraction of sp³-hybridized carbons (Fsp3) is 0.316. The largest absolute Gasteiger partial charge is 0.488 e. The van der Waals surface area contributed by atoms with Gasteiger partial charge in [-0.2, -0.15) is 5.26 Å². The third kappa shape index (κ3) is 3.45. The minimum atomic E-state index is -0.450. The van der Waals surface area contributed by atoms with Crippen molar-refractivity contribution in [3.63, 3.8) is 0 Å². The van der Waals surface area contributed by atoms with E-state index in [0.29, 0.717) is 16.9 Å². The number of hydrogen-bond donors (Lipinski definition) is 3. The first-order valence-corrected chi connectivity index (χ1v) is 8.75. The quantitative estimate of drug-likeness (QED) is 0.568. The third-order valence-electron chi connectivity index (χ3n) is 4.50. The molecule has 2 atom stereocenters. The molecule has 0 spiro atoms. The van der Waals surface area contributed by atoms with Crippen LogP contribution in [0.1, 0.15) is 31.2 Å². The molecule has 0 amide bonds. The van der Waals surface area contributed by atoms with E-state index >= 15 is 0 Å². The molecule has 1 aromatic heterocycles. The monoisotopic (exact) mass is 366 g/mol. The zero-order valence-corrected chi connectivity index (χ0v) is 14.9. The minimum absolute atomic E-state index is 0.0460. The van der Waals surface area contributed by atoms with Crippen molar-refractivity contribution in [2.24, 2.45) is 0 Å². The number of aliphatic hydroxyl groups is 1. The standard InChI is InChI=1S/C19H18N4O2S/c1-22-17-16(13(10-20)19(26)23-18(17)21)11-6-8-12(9-7-11)25-15-5-3-2-4-14(15)24/h6-9,14-15,24H,2-5H2,(H3,21,23,26)/t14-,15-/m0/s1. The maximum Gasteiger partial charge on any atom is 0.236 e. The number of ether oxygens (including phenoxy) is 1. The lowest BCUT2D eigenvalue weighted by molar-refractivity contribution is 0.00688. The second kappa shape index (κ2) is 7.65. The maximum absolute atomic E-state index is 10.0. The predicted octanol–water partition coefficient (Wildman–Crippen LogP) is 3.72. The normalized spacial score (nSPS) is 19.4. The first-order valence-electron chi connectivity index (χ1n) is 8.30. The lowest BCUT2D eigenvalue weighted by Crippen LogP contribution is -2.34. The van der Waals surface area contributed by atoms with E-state index in [1.165, 1.54) is 0 Å². The van der Waals surface area contributed by atoms with Gasteiger partial charge in [0.1, 0.15) is 28.8 Å². The van der Waals surface area contributed by atoms with Crippen LogP contribution in [0, 0.1) is 17.9 Å². The van der Waals surface area contributed by atoms with E-state index in [1.54, 1.807) is 24.3 Å². The number of rotatable bonds is 3. The molecular formula is C19H18N4O2S. The summed E-state index contributed by atoms with van der Waals surface area (Å²) in [6, 6.07) is 9.11. The highest BCUT2D eigenvalue weighted by molar-refractivity contribution is 7.80. The Bertz CT molecular complexity index is 861. The molecule has 6 nitrogen and oxygen atoms in total. The topological polar surface area (TPSA) is 96.5 Å². The van der Waals surface area contributed by atoms with Gasteiger partial charge in [0.25, 0.3) is 0 Å². The van der Waals surface area contributed by atoms with Gasteiger partial charge in [-0.3, -0.25) is 0 Å². The zero-order chi connectivity index (χ0) is 18.7. The number of hydrogen-bond acceptors (Lipinski definition) is 6. The molecule has 2 aromatic rings. The third-order valence-corrected chi connectivity index (χ3v) is 4.82. The van der Waals surface area contributed by atoms with Crippen LogP contribution in [0.25, 0.3) is 16.0 Å². The van der Waals surface area contributed by atoms with Crippen molar-refractivity contribution in [1.29, 1.82) is 5.26 Å². The molecule has 7 heteroatoms. The van der Waals surface area contributed by atoms with Crippen molar-refractivity contribution in [1.82, 2.24) is 4.98 Å². The van der Waals surface area contributed by atoms with Crippen LogP contribution in [0.15, 0.2) is 29.3 Å². The number of pyridine rings is 1. The molecule has 3 N–H and O–H groups in total. The molecule has 0 saturated heterocycles. The predicted molar refractivity (Wildman–Crippen MR) is 101 cm³/mol. The van der Waals surface area contributed by atoms with Gasteiger partial charge < -0.3 is 15.6 Å². The van der Waals surface area contributed by atoms with Gasteiger partial charge in [-0.05, 0) is 37.0 Å². The highest BCUT2D eigenvalue weighted by Gasteiger charge is 2.25. The van der Waals surface area contributed by atoms with Gasteiger partial charge in [-0.25, -0.2) is 9.83 Å². The van der Waals surface area contributed by atoms with Crippen LogP contribution >= 0.6 is 12.6 Å². The van der Waals surface area contributed by atoms with E-state index in [4.69, 9.17) is 17.0 Å². The first kappa shape index (κ1) is 18.1. The van der Waals surface area contributed by atoms with Crippen LogP contribution in [0.2, 0.25) is 0 Å². The van der Waals surface area contributed by atoms with E-state index in [-0.39, 0.29) is 28.2 Å². The second-order valence-electron chi connectivity index (χ2n) is 6.18. The second-order valence-corrected chi connectivity index (χ2v) is 6.60. The summed E-state index contributed by atoms with van der Waals surface area (Å²) in [6.45, 7) is 7.37. The van der Waals surface area contributed by atoms with E-state index in [9.17, 15) is 10.4 Å².